The first-order valence-electron chi connectivity index (χ1n) is 8.97. The summed E-state index contributed by atoms with van der Waals surface area (Å²) in [5, 5.41) is 2.00. The molecule has 3 aromatic rings. The van der Waals surface area contributed by atoms with Crippen molar-refractivity contribution in [3.8, 4) is 22.3 Å². The standard InChI is InChI=1S/C21H19FOS2.C2H6/c1-12-13(2)20(24-4)18(22)10-16(12)19-17(11-25-21(19)14(3)23)15-8-6-5-7-9-15;1-2/h5-11H,1-4H3;1-2H3. The van der Waals surface area contributed by atoms with Crippen LogP contribution in [0.3, 0.4) is 0 Å². The zero-order chi connectivity index (χ0) is 20.1. The minimum absolute atomic E-state index is 0.00795. The van der Waals surface area contributed by atoms with Crippen molar-refractivity contribution in [1.82, 2.24) is 0 Å². The van der Waals surface area contributed by atoms with Gasteiger partial charge in [0.05, 0.1) is 4.88 Å². The summed E-state index contributed by atoms with van der Waals surface area (Å²) in [6.45, 7) is 9.51. The monoisotopic (exact) mass is 400 g/mol. The fourth-order valence-corrected chi connectivity index (χ4v) is 4.78. The van der Waals surface area contributed by atoms with Gasteiger partial charge in [0.15, 0.2) is 5.78 Å². The van der Waals surface area contributed by atoms with Gasteiger partial charge >= 0.3 is 0 Å². The molecule has 27 heavy (non-hydrogen) atoms. The first-order chi connectivity index (χ1) is 13.0. The first-order valence-corrected chi connectivity index (χ1v) is 11.1. The Morgan fingerprint density at radius 1 is 1.04 bits per heavy atom. The lowest BCUT2D eigenvalue weighted by molar-refractivity contribution is 0.102. The largest absolute Gasteiger partial charge is 0.294 e. The van der Waals surface area contributed by atoms with E-state index < -0.39 is 0 Å². The third kappa shape index (κ3) is 4.17. The number of hydrogen-bond acceptors (Lipinski definition) is 3. The average Bonchev–Trinajstić information content (AvgIpc) is 3.12. The highest BCUT2D eigenvalue weighted by atomic mass is 32.2. The van der Waals surface area contributed by atoms with Crippen molar-refractivity contribution >= 4 is 28.9 Å². The van der Waals surface area contributed by atoms with Gasteiger partial charge in [-0.1, -0.05) is 44.2 Å². The van der Waals surface area contributed by atoms with Gasteiger partial charge in [0, 0.05) is 16.0 Å². The molecule has 0 amide bonds. The number of ketones is 1. The van der Waals surface area contributed by atoms with E-state index >= 15 is 0 Å². The molecule has 0 aliphatic carbocycles. The minimum Gasteiger partial charge on any atom is -0.294 e. The highest BCUT2D eigenvalue weighted by molar-refractivity contribution is 7.98. The van der Waals surface area contributed by atoms with Crippen LogP contribution in [0, 0.1) is 19.7 Å². The highest BCUT2D eigenvalue weighted by Gasteiger charge is 2.22. The third-order valence-corrected chi connectivity index (χ3v) is 6.45. The third-order valence-electron chi connectivity index (χ3n) is 4.46. The Balaban J connectivity index is 0.00000126. The van der Waals surface area contributed by atoms with E-state index in [2.05, 4.69) is 0 Å². The van der Waals surface area contributed by atoms with Crippen LogP contribution in [0.4, 0.5) is 4.39 Å². The minimum atomic E-state index is -0.231. The normalized spacial score (nSPS) is 10.3. The fourth-order valence-electron chi connectivity index (χ4n) is 3.08. The highest BCUT2D eigenvalue weighted by Crippen LogP contribution is 2.43. The molecule has 1 nitrogen and oxygen atoms in total. The maximum absolute atomic E-state index is 14.6. The van der Waals surface area contributed by atoms with Crippen molar-refractivity contribution in [3.05, 3.63) is 63.6 Å². The van der Waals surface area contributed by atoms with E-state index in [9.17, 15) is 9.18 Å². The predicted octanol–water partition coefficient (Wildman–Crippen LogP) is 7.79. The predicted molar refractivity (Wildman–Crippen MR) is 118 cm³/mol. The van der Waals surface area contributed by atoms with Crippen molar-refractivity contribution in [3.63, 3.8) is 0 Å². The number of thiophene rings is 1. The number of benzene rings is 2. The lowest BCUT2D eigenvalue weighted by Crippen LogP contribution is -1.98. The molecule has 0 saturated carbocycles. The van der Waals surface area contributed by atoms with Crippen molar-refractivity contribution in [2.24, 2.45) is 0 Å². The quantitative estimate of drug-likeness (QED) is 0.328. The van der Waals surface area contributed by atoms with Gasteiger partial charge in [0.25, 0.3) is 0 Å². The molecule has 2 aromatic carbocycles. The van der Waals surface area contributed by atoms with Gasteiger partial charge in [0.1, 0.15) is 5.82 Å². The van der Waals surface area contributed by atoms with E-state index in [1.54, 1.807) is 13.0 Å². The molecule has 0 atom stereocenters. The smallest absolute Gasteiger partial charge is 0.170 e. The van der Waals surface area contributed by atoms with Crippen molar-refractivity contribution < 1.29 is 9.18 Å². The average molecular weight is 401 g/mol. The van der Waals surface area contributed by atoms with E-state index in [-0.39, 0.29) is 11.6 Å². The van der Waals surface area contributed by atoms with Crippen LogP contribution in [0.1, 0.15) is 41.6 Å². The topological polar surface area (TPSA) is 17.1 Å². The second-order valence-corrected chi connectivity index (χ2v) is 7.66. The maximum atomic E-state index is 14.6. The Bertz CT molecular complexity index is 943. The Morgan fingerprint density at radius 3 is 2.22 bits per heavy atom. The molecule has 142 valence electrons. The number of hydrogen-bond donors (Lipinski definition) is 0. The van der Waals surface area contributed by atoms with Crippen LogP contribution in [0.25, 0.3) is 22.3 Å². The lowest BCUT2D eigenvalue weighted by atomic mass is 9.91. The zero-order valence-electron chi connectivity index (χ0n) is 16.6. The molecule has 0 unspecified atom stereocenters. The van der Waals surface area contributed by atoms with Gasteiger partial charge < -0.3 is 0 Å². The molecule has 1 aromatic heterocycles. The Labute approximate surface area is 169 Å². The van der Waals surface area contributed by atoms with E-state index in [0.29, 0.717) is 9.77 Å². The molecule has 0 aliphatic rings. The van der Waals surface area contributed by atoms with Gasteiger partial charge in [-0.05, 0) is 60.7 Å². The van der Waals surface area contributed by atoms with Crippen molar-refractivity contribution in [2.45, 2.75) is 39.5 Å². The lowest BCUT2D eigenvalue weighted by Gasteiger charge is -2.15. The number of carbonyl (C=O) groups excluding carboxylic acids is 1. The number of halogens is 1. The molecular formula is C23H25FOS2. The second-order valence-electron chi connectivity index (χ2n) is 5.96. The molecule has 4 heteroatoms. The molecule has 0 N–H and O–H groups in total. The van der Waals surface area contributed by atoms with Crippen LogP contribution < -0.4 is 0 Å². The van der Waals surface area contributed by atoms with Gasteiger partial charge in [-0.3, -0.25) is 4.79 Å². The number of thioether (sulfide) groups is 1. The Kier molecular flexibility index (Phi) is 7.40. The molecule has 0 aliphatic heterocycles. The van der Waals surface area contributed by atoms with Crippen molar-refractivity contribution in [2.75, 3.05) is 6.26 Å². The zero-order valence-corrected chi connectivity index (χ0v) is 18.3. The summed E-state index contributed by atoms with van der Waals surface area (Å²) < 4.78 is 14.6. The van der Waals surface area contributed by atoms with E-state index in [0.717, 1.165) is 33.4 Å². The van der Waals surface area contributed by atoms with Gasteiger partial charge in [-0.2, -0.15) is 0 Å². The van der Waals surface area contributed by atoms with Gasteiger partial charge in [-0.15, -0.1) is 23.1 Å². The van der Waals surface area contributed by atoms with Gasteiger partial charge in [-0.25, -0.2) is 4.39 Å². The van der Waals surface area contributed by atoms with Crippen LogP contribution in [0.5, 0.6) is 0 Å². The molecular weight excluding hydrogens is 375 g/mol. The van der Waals surface area contributed by atoms with Crippen LogP contribution in [-0.2, 0) is 0 Å². The second kappa shape index (κ2) is 9.34. The maximum Gasteiger partial charge on any atom is 0.170 e. The van der Waals surface area contributed by atoms with Crippen molar-refractivity contribution in [1.29, 1.82) is 0 Å². The molecule has 0 saturated heterocycles. The summed E-state index contributed by atoms with van der Waals surface area (Å²) in [5.41, 5.74) is 5.61. The molecule has 0 spiro atoms. The summed E-state index contributed by atoms with van der Waals surface area (Å²) in [6.07, 6.45) is 1.88. The van der Waals surface area contributed by atoms with E-state index in [4.69, 9.17) is 0 Å². The van der Waals surface area contributed by atoms with E-state index in [1.165, 1.54) is 23.1 Å². The summed E-state index contributed by atoms with van der Waals surface area (Å²) in [4.78, 5) is 13.5. The number of rotatable bonds is 4. The summed E-state index contributed by atoms with van der Waals surface area (Å²) >= 11 is 2.84. The molecule has 0 radical (unpaired) electrons. The molecule has 3 rings (SSSR count). The number of carbonyl (C=O) groups is 1. The number of Topliss-reactive ketones (excluding diaryl/α,β-unsaturated/α-hetero) is 1. The summed E-state index contributed by atoms with van der Waals surface area (Å²) in [6, 6.07) is 11.5. The fraction of sp³-hybridized carbons (Fsp3) is 0.261. The van der Waals surface area contributed by atoms with Crippen LogP contribution in [0.2, 0.25) is 0 Å². The molecule has 0 bridgehead atoms. The summed E-state index contributed by atoms with van der Waals surface area (Å²) in [7, 11) is 0. The SMILES string of the molecule is CC.CSc1c(F)cc(-c2c(-c3ccccc3)csc2C(C)=O)c(C)c1C. The summed E-state index contributed by atoms with van der Waals surface area (Å²) in [5.74, 6) is -0.223. The molecule has 1 heterocycles. The van der Waals surface area contributed by atoms with Crippen LogP contribution in [-0.4, -0.2) is 12.0 Å². The van der Waals surface area contributed by atoms with Crippen LogP contribution >= 0.6 is 23.1 Å². The Hall–Kier alpha value is -1.91. The molecule has 0 fully saturated rings. The first kappa shape index (κ1) is 21.4. The van der Waals surface area contributed by atoms with E-state index in [1.807, 2.05) is 69.7 Å². The Morgan fingerprint density at radius 2 is 1.67 bits per heavy atom. The van der Waals surface area contributed by atoms with Crippen LogP contribution in [0.15, 0.2) is 46.7 Å². The van der Waals surface area contributed by atoms with Gasteiger partial charge in [0.2, 0.25) is 0 Å².